The molecule has 6 heteroatoms. The molecule has 0 atom stereocenters. The molecule has 0 aromatic carbocycles. The molecule has 1 N–H and O–H groups in total. The quantitative estimate of drug-likeness (QED) is 0.937. The number of aryl methyl sites for hydroxylation is 2. The molecule has 5 nitrogen and oxygen atoms in total. The molecule has 0 fully saturated rings. The van der Waals surface area contributed by atoms with E-state index in [1.807, 2.05) is 6.07 Å². The monoisotopic (exact) mass is 297 g/mol. The molecule has 3 rings (SSSR count). The Kier molecular flexibility index (Phi) is 3.59. The average Bonchev–Trinajstić information content (AvgIpc) is 2.93. The van der Waals surface area contributed by atoms with Crippen molar-refractivity contribution in [1.29, 1.82) is 5.26 Å². The Morgan fingerprint density at radius 1 is 1.38 bits per heavy atom. The summed E-state index contributed by atoms with van der Waals surface area (Å²) in [5.41, 5.74) is 2.87. The fourth-order valence-corrected chi connectivity index (χ4v) is 3.18. The van der Waals surface area contributed by atoms with Gasteiger partial charge in [-0.05, 0) is 54.8 Å². The second kappa shape index (κ2) is 5.54. The lowest BCUT2D eigenvalue weighted by Gasteiger charge is -2.06. The number of aromatic nitrogens is 2. The van der Waals surface area contributed by atoms with Crippen LogP contribution in [0.5, 0.6) is 0 Å². The van der Waals surface area contributed by atoms with E-state index in [9.17, 15) is 10.1 Å². The van der Waals surface area contributed by atoms with Crippen LogP contribution in [0.15, 0.2) is 34.4 Å². The van der Waals surface area contributed by atoms with Gasteiger partial charge in [0.1, 0.15) is 16.1 Å². The van der Waals surface area contributed by atoms with Crippen LogP contribution >= 0.6 is 11.8 Å². The molecular weight excluding hydrogens is 286 g/mol. The maximum absolute atomic E-state index is 11.0. The summed E-state index contributed by atoms with van der Waals surface area (Å²) >= 11 is 1.23. The number of pyridine rings is 2. The van der Waals surface area contributed by atoms with E-state index in [1.165, 1.54) is 30.1 Å². The Bertz CT molecular complexity index is 768. The van der Waals surface area contributed by atoms with E-state index in [0.717, 1.165) is 30.5 Å². The summed E-state index contributed by atoms with van der Waals surface area (Å²) in [5.74, 6) is -0.998. The van der Waals surface area contributed by atoms with Crippen molar-refractivity contribution in [2.24, 2.45) is 0 Å². The van der Waals surface area contributed by atoms with Crippen LogP contribution in [0.1, 0.15) is 33.6 Å². The average molecular weight is 297 g/mol. The highest BCUT2D eigenvalue weighted by Crippen LogP contribution is 2.31. The number of nitriles is 1. The minimum absolute atomic E-state index is 0.173. The molecule has 0 unspecified atom stereocenters. The van der Waals surface area contributed by atoms with Crippen molar-refractivity contribution in [3.63, 3.8) is 0 Å². The molecule has 0 bridgehead atoms. The minimum Gasteiger partial charge on any atom is -0.478 e. The number of carbonyl (C=O) groups is 1. The van der Waals surface area contributed by atoms with Crippen molar-refractivity contribution in [3.05, 3.63) is 46.8 Å². The first-order valence-electron chi connectivity index (χ1n) is 6.47. The largest absolute Gasteiger partial charge is 0.478 e. The topological polar surface area (TPSA) is 86.9 Å². The minimum atomic E-state index is -0.998. The fourth-order valence-electron chi connectivity index (χ4n) is 2.31. The molecule has 0 saturated carbocycles. The van der Waals surface area contributed by atoms with Crippen LogP contribution in [0, 0.1) is 11.3 Å². The lowest BCUT2D eigenvalue weighted by molar-refractivity contribution is 0.0696. The summed E-state index contributed by atoms with van der Waals surface area (Å²) in [7, 11) is 0. The lowest BCUT2D eigenvalue weighted by atomic mass is 10.2. The van der Waals surface area contributed by atoms with E-state index in [2.05, 4.69) is 16.0 Å². The number of carboxylic acid groups (broad SMARTS) is 1. The molecule has 1 aliphatic carbocycles. The summed E-state index contributed by atoms with van der Waals surface area (Å²) in [6.45, 7) is 0. The predicted molar refractivity (Wildman–Crippen MR) is 76.3 cm³/mol. The smallest absolute Gasteiger partial charge is 0.335 e. The van der Waals surface area contributed by atoms with Crippen molar-refractivity contribution in [1.82, 2.24) is 9.97 Å². The number of hydrogen-bond acceptors (Lipinski definition) is 5. The Balaban J connectivity index is 1.96. The summed E-state index contributed by atoms with van der Waals surface area (Å²) in [4.78, 5) is 19.7. The Labute approximate surface area is 125 Å². The summed E-state index contributed by atoms with van der Waals surface area (Å²) in [6.07, 6.45) is 4.41. The number of nitrogens with zero attached hydrogens (tertiary/aromatic N) is 3. The first-order valence-corrected chi connectivity index (χ1v) is 7.29. The van der Waals surface area contributed by atoms with Crippen LogP contribution in [0.3, 0.4) is 0 Å². The van der Waals surface area contributed by atoms with E-state index in [-0.39, 0.29) is 5.56 Å². The van der Waals surface area contributed by atoms with E-state index < -0.39 is 5.97 Å². The third kappa shape index (κ3) is 2.73. The molecule has 0 radical (unpaired) electrons. The van der Waals surface area contributed by atoms with Gasteiger partial charge in [0.2, 0.25) is 0 Å². The van der Waals surface area contributed by atoms with Crippen molar-refractivity contribution in [2.75, 3.05) is 0 Å². The van der Waals surface area contributed by atoms with Gasteiger partial charge in [0.25, 0.3) is 0 Å². The van der Waals surface area contributed by atoms with Crippen molar-refractivity contribution in [3.8, 4) is 6.07 Å². The second-order valence-corrected chi connectivity index (χ2v) is 5.71. The predicted octanol–water partition coefficient (Wildman–Crippen LogP) is 2.69. The summed E-state index contributed by atoms with van der Waals surface area (Å²) in [6, 6.07) is 6.97. The zero-order chi connectivity index (χ0) is 14.8. The third-order valence-electron chi connectivity index (χ3n) is 3.32. The van der Waals surface area contributed by atoms with Crippen molar-refractivity contribution in [2.45, 2.75) is 29.3 Å². The normalized spacial score (nSPS) is 12.7. The van der Waals surface area contributed by atoms with E-state index in [1.54, 1.807) is 0 Å². The van der Waals surface area contributed by atoms with Gasteiger partial charge in [0.15, 0.2) is 0 Å². The summed E-state index contributed by atoms with van der Waals surface area (Å²) in [5, 5.41) is 19.4. The van der Waals surface area contributed by atoms with Crippen LogP contribution < -0.4 is 0 Å². The highest BCUT2D eigenvalue weighted by atomic mass is 32.2. The van der Waals surface area contributed by atoms with Gasteiger partial charge in [-0.1, -0.05) is 0 Å². The van der Waals surface area contributed by atoms with Crippen LogP contribution in [0.4, 0.5) is 0 Å². The highest BCUT2D eigenvalue weighted by molar-refractivity contribution is 7.99. The first kappa shape index (κ1) is 13.6. The number of aromatic carboxylic acids is 1. The molecule has 2 heterocycles. The summed E-state index contributed by atoms with van der Waals surface area (Å²) < 4.78 is 0. The van der Waals surface area contributed by atoms with E-state index >= 15 is 0 Å². The van der Waals surface area contributed by atoms with Gasteiger partial charge in [-0.2, -0.15) is 5.26 Å². The van der Waals surface area contributed by atoms with Gasteiger partial charge in [0, 0.05) is 11.9 Å². The maximum Gasteiger partial charge on any atom is 0.335 e. The van der Waals surface area contributed by atoms with Gasteiger partial charge in [-0.3, -0.25) is 0 Å². The van der Waals surface area contributed by atoms with Gasteiger partial charge in [-0.25, -0.2) is 14.8 Å². The number of fused-ring (bicyclic) bond motifs is 1. The van der Waals surface area contributed by atoms with Crippen LogP contribution in [-0.4, -0.2) is 21.0 Å². The Morgan fingerprint density at radius 3 is 3.00 bits per heavy atom. The van der Waals surface area contributed by atoms with Gasteiger partial charge in [0.05, 0.1) is 11.1 Å². The zero-order valence-corrected chi connectivity index (χ0v) is 11.9. The van der Waals surface area contributed by atoms with Gasteiger partial charge >= 0.3 is 5.97 Å². The fraction of sp³-hybridized carbons (Fsp3) is 0.200. The second-order valence-electron chi connectivity index (χ2n) is 4.70. The molecule has 21 heavy (non-hydrogen) atoms. The molecule has 0 saturated heterocycles. The van der Waals surface area contributed by atoms with Crippen molar-refractivity contribution < 1.29 is 9.90 Å². The molecule has 104 valence electrons. The van der Waals surface area contributed by atoms with Crippen molar-refractivity contribution >= 4 is 17.7 Å². The molecule has 2 aromatic rings. The van der Waals surface area contributed by atoms with Crippen LogP contribution in [0.25, 0.3) is 0 Å². The Hall–Kier alpha value is -2.39. The number of hydrogen-bond donors (Lipinski definition) is 1. The third-order valence-corrected chi connectivity index (χ3v) is 4.26. The maximum atomic E-state index is 11.0. The number of rotatable bonds is 3. The highest BCUT2D eigenvalue weighted by Gasteiger charge is 2.17. The SMILES string of the molecule is N#Cc1cc2c(nc1Sc1cc(C(=O)O)ccn1)CCC2. The Morgan fingerprint density at radius 2 is 2.24 bits per heavy atom. The van der Waals surface area contributed by atoms with Crippen LogP contribution in [-0.2, 0) is 12.8 Å². The first-order chi connectivity index (χ1) is 10.2. The zero-order valence-electron chi connectivity index (χ0n) is 11.0. The molecule has 2 aromatic heterocycles. The molecule has 0 spiro atoms. The number of carboxylic acids is 1. The molecule has 0 aliphatic heterocycles. The van der Waals surface area contributed by atoms with E-state index in [4.69, 9.17) is 5.11 Å². The van der Waals surface area contributed by atoms with E-state index in [0.29, 0.717) is 15.6 Å². The molecular formula is C15H11N3O2S. The van der Waals surface area contributed by atoms with Crippen LogP contribution in [0.2, 0.25) is 0 Å². The van der Waals surface area contributed by atoms with Gasteiger partial charge < -0.3 is 5.11 Å². The molecule has 0 amide bonds. The lowest BCUT2D eigenvalue weighted by Crippen LogP contribution is -1.98. The molecule has 1 aliphatic rings. The van der Waals surface area contributed by atoms with Gasteiger partial charge in [-0.15, -0.1) is 0 Å². The standard InChI is InChI=1S/C15H11N3O2S/c16-8-11-6-9-2-1-3-12(9)18-14(11)21-13-7-10(15(19)20)4-5-17-13/h4-7H,1-3H2,(H,19,20).